The number of nitrogens with one attached hydrogen (secondary N) is 2. The molecule has 0 atom stereocenters. The van der Waals surface area contributed by atoms with E-state index >= 15 is 0 Å². The Morgan fingerprint density at radius 3 is 2.62 bits per heavy atom. The van der Waals surface area contributed by atoms with Gasteiger partial charge in [-0.05, 0) is 48.9 Å². The Morgan fingerprint density at radius 2 is 1.88 bits per heavy atom. The van der Waals surface area contributed by atoms with Gasteiger partial charge in [0, 0.05) is 16.4 Å². The van der Waals surface area contributed by atoms with Crippen molar-refractivity contribution < 1.29 is 9.53 Å². The van der Waals surface area contributed by atoms with Crippen molar-refractivity contribution in [2.75, 3.05) is 17.7 Å². The highest BCUT2D eigenvalue weighted by Crippen LogP contribution is 2.23. The molecule has 0 fully saturated rings. The van der Waals surface area contributed by atoms with Crippen molar-refractivity contribution in [3.8, 4) is 0 Å². The standard InChI is InChI=1S/C18H16ClN5O2/c1-11-3-6-13(19)9-15(11)22-18-23-16(10-20-24-18)21-14-7-4-12(5-8-14)17(25)26-2/h3-10H,1-2H3,(H2,21,22,23,24). The second-order valence-corrected chi connectivity index (χ2v) is 5.88. The number of esters is 1. The number of anilines is 4. The Hall–Kier alpha value is -3.19. The van der Waals surface area contributed by atoms with E-state index in [1.54, 1.807) is 30.3 Å². The third-order valence-corrected chi connectivity index (χ3v) is 3.82. The van der Waals surface area contributed by atoms with Crippen LogP contribution in [0.1, 0.15) is 15.9 Å². The topological polar surface area (TPSA) is 89.0 Å². The number of hydrogen-bond acceptors (Lipinski definition) is 7. The maximum Gasteiger partial charge on any atom is 0.337 e. The van der Waals surface area contributed by atoms with Crippen LogP contribution in [0.4, 0.5) is 23.1 Å². The van der Waals surface area contributed by atoms with Crippen LogP contribution in [0.2, 0.25) is 5.02 Å². The van der Waals surface area contributed by atoms with Gasteiger partial charge in [0.1, 0.15) is 0 Å². The van der Waals surface area contributed by atoms with E-state index in [9.17, 15) is 4.79 Å². The van der Waals surface area contributed by atoms with Crippen LogP contribution in [0.25, 0.3) is 0 Å². The minimum atomic E-state index is -0.386. The molecule has 0 radical (unpaired) electrons. The molecule has 0 amide bonds. The van der Waals surface area contributed by atoms with E-state index < -0.39 is 0 Å². The first kappa shape index (κ1) is 17.6. The number of aromatic nitrogens is 3. The summed E-state index contributed by atoms with van der Waals surface area (Å²) in [6, 6.07) is 12.4. The van der Waals surface area contributed by atoms with Crippen LogP contribution in [-0.4, -0.2) is 28.3 Å². The van der Waals surface area contributed by atoms with Gasteiger partial charge in [-0.1, -0.05) is 17.7 Å². The summed E-state index contributed by atoms with van der Waals surface area (Å²) < 4.78 is 4.68. The number of rotatable bonds is 5. The number of methoxy groups -OCH3 is 1. The zero-order valence-corrected chi connectivity index (χ0v) is 14.9. The van der Waals surface area contributed by atoms with Gasteiger partial charge in [-0.3, -0.25) is 0 Å². The molecule has 0 saturated carbocycles. The van der Waals surface area contributed by atoms with Crippen LogP contribution in [-0.2, 0) is 4.74 Å². The minimum Gasteiger partial charge on any atom is -0.465 e. The second kappa shape index (κ2) is 7.79. The van der Waals surface area contributed by atoms with E-state index in [0.717, 1.165) is 16.9 Å². The first-order chi connectivity index (χ1) is 12.5. The number of aryl methyl sites for hydroxylation is 1. The summed E-state index contributed by atoms with van der Waals surface area (Å²) in [6.07, 6.45) is 1.50. The number of nitrogens with zero attached hydrogens (tertiary/aromatic N) is 3. The van der Waals surface area contributed by atoms with Gasteiger partial charge in [0.2, 0.25) is 5.95 Å². The number of halogens is 1. The van der Waals surface area contributed by atoms with Crippen molar-refractivity contribution in [2.45, 2.75) is 6.92 Å². The molecule has 2 aromatic carbocycles. The zero-order chi connectivity index (χ0) is 18.5. The molecule has 0 spiro atoms. The Balaban J connectivity index is 1.75. The van der Waals surface area contributed by atoms with Crippen LogP contribution < -0.4 is 10.6 Å². The fourth-order valence-corrected chi connectivity index (χ4v) is 2.39. The lowest BCUT2D eigenvalue weighted by molar-refractivity contribution is 0.0601. The molecule has 0 aliphatic rings. The van der Waals surface area contributed by atoms with Gasteiger partial charge < -0.3 is 15.4 Å². The smallest absolute Gasteiger partial charge is 0.337 e. The van der Waals surface area contributed by atoms with E-state index in [1.807, 2.05) is 19.1 Å². The summed E-state index contributed by atoms with van der Waals surface area (Å²) in [4.78, 5) is 15.8. The van der Waals surface area contributed by atoms with Crippen molar-refractivity contribution in [2.24, 2.45) is 0 Å². The average Bonchev–Trinajstić information content (AvgIpc) is 2.65. The van der Waals surface area contributed by atoms with Crippen molar-refractivity contribution >= 4 is 40.7 Å². The monoisotopic (exact) mass is 369 g/mol. The van der Waals surface area contributed by atoms with Crippen molar-refractivity contribution in [3.63, 3.8) is 0 Å². The van der Waals surface area contributed by atoms with Gasteiger partial charge in [0.15, 0.2) is 5.82 Å². The summed E-state index contributed by atoms with van der Waals surface area (Å²) in [7, 11) is 1.34. The van der Waals surface area contributed by atoms with Gasteiger partial charge in [0.25, 0.3) is 0 Å². The predicted octanol–water partition coefficient (Wildman–Crippen LogP) is 4.11. The Labute approximate surface area is 155 Å². The SMILES string of the molecule is COC(=O)c1ccc(Nc2cnnc(Nc3cc(Cl)ccc3C)n2)cc1. The third kappa shape index (κ3) is 4.25. The molecule has 132 valence electrons. The van der Waals surface area contributed by atoms with Crippen LogP contribution >= 0.6 is 11.6 Å². The summed E-state index contributed by atoms with van der Waals surface area (Å²) in [6.45, 7) is 1.96. The predicted molar refractivity (Wildman–Crippen MR) is 100 cm³/mol. The van der Waals surface area contributed by atoms with E-state index in [-0.39, 0.29) is 5.97 Å². The molecular formula is C18H16ClN5O2. The quantitative estimate of drug-likeness (QED) is 0.654. The summed E-state index contributed by atoms with van der Waals surface area (Å²) in [5, 5.41) is 14.7. The second-order valence-electron chi connectivity index (χ2n) is 5.44. The summed E-state index contributed by atoms with van der Waals surface area (Å²) in [5.41, 5.74) is 3.04. The number of benzene rings is 2. The average molecular weight is 370 g/mol. The molecule has 1 aromatic heterocycles. The van der Waals surface area contributed by atoms with Gasteiger partial charge in [-0.25, -0.2) is 4.79 Å². The van der Waals surface area contributed by atoms with E-state index in [4.69, 9.17) is 11.6 Å². The minimum absolute atomic E-state index is 0.339. The lowest BCUT2D eigenvalue weighted by Crippen LogP contribution is -2.04. The molecule has 3 rings (SSSR count). The lowest BCUT2D eigenvalue weighted by atomic mass is 10.2. The molecule has 2 N–H and O–H groups in total. The molecule has 0 unspecified atom stereocenters. The first-order valence-corrected chi connectivity index (χ1v) is 8.11. The number of carbonyl (C=O) groups excluding carboxylic acids is 1. The highest BCUT2D eigenvalue weighted by molar-refractivity contribution is 6.30. The highest BCUT2D eigenvalue weighted by atomic mass is 35.5. The largest absolute Gasteiger partial charge is 0.465 e. The molecule has 3 aromatic rings. The van der Waals surface area contributed by atoms with Gasteiger partial charge in [0.05, 0.1) is 18.9 Å². The summed E-state index contributed by atoms with van der Waals surface area (Å²) >= 11 is 6.03. The highest BCUT2D eigenvalue weighted by Gasteiger charge is 2.07. The van der Waals surface area contributed by atoms with Gasteiger partial charge >= 0.3 is 5.97 Å². The van der Waals surface area contributed by atoms with Gasteiger partial charge in [-0.2, -0.15) is 10.1 Å². The fraction of sp³-hybridized carbons (Fsp3) is 0.111. The number of carbonyl (C=O) groups is 1. The molecule has 1 heterocycles. The maximum absolute atomic E-state index is 11.5. The molecule has 0 saturated heterocycles. The molecule has 26 heavy (non-hydrogen) atoms. The van der Waals surface area contributed by atoms with E-state index in [0.29, 0.717) is 22.4 Å². The molecule has 0 bridgehead atoms. The Morgan fingerprint density at radius 1 is 1.12 bits per heavy atom. The van der Waals surface area contributed by atoms with Crippen LogP contribution in [0, 0.1) is 6.92 Å². The van der Waals surface area contributed by atoms with Crippen LogP contribution in [0.5, 0.6) is 0 Å². The lowest BCUT2D eigenvalue weighted by Gasteiger charge is -2.10. The Kier molecular flexibility index (Phi) is 5.28. The van der Waals surface area contributed by atoms with Crippen molar-refractivity contribution in [1.82, 2.24) is 15.2 Å². The molecule has 8 heteroatoms. The normalized spacial score (nSPS) is 10.3. The van der Waals surface area contributed by atoms with E-state index in [1.165, 1.54) is 13.3 Å². The van der Waals surface area contributed by atoms with Crippen molar-refractivity contribution in [3.05, 3.63) is 64.8 Å². The van der Waals surface area contributed by atoms with Crippen LogP contribution in [0.3, 0.4) is 0 Å². The zero-order valence-electron chi connectivity index (χ0n) is 14.2. The molecule has 0 aliphatic heterocycles. The van der Waals surface area contributed by atoms with Crippen molar-refractivity contribution in [1.29, 1.82) is 0 Å². The first-order valence-electron chi connectivity index (χ1n) is 7.73. The number of ether oxygens (including phenoxy) is 1. The number of hydrogen-bond donors (Lipinski definition) is 2. The molecule has 0 aliphatic carbocycles. The van der Waals surface area contributed by atoms with Gasteiger partial charge in [-0.15, -0.1) is 5.10 Å². The summed E-state index contributed by atoms with van der Waals surface area (Å²) in [5.74, 6) is 0.461. The molecular weight excluding hydrogens is 354 g/mol. The molecule has 7 nitrogen and oxygen atoms in total. The maximum atomic E-state index is 11.5. The fourth-order valence-electron chi connectivity index (χ4n) is 2.22. The third-order valence-electron chi connectivity index (χ3n) is 3.58. The van der Waals surface area contributed by atoms with Crippen LogP contribution in [0.15, 0.2) is 48.7 Å². The Bertz CT molecular complexity index is 931. The van der Waals surface area contributed by atoms with E-state index in [2.05, 4.69) is 30.6 Å².